The normalized spacial score (nSPS) is 18.4. The zero-order valence-corrected chi connectivity index (χ0v) is 8.88. The summed E-state index contributed by atoms with van der Waals surface area (Å²) in [7, 11) is 0. The molecule has 0 aromatic carbocycles. The van der Waals surface area contributed by atoms with Gasteiger partial charge in [0.05, 0.1) is 0 Å². The summed E-state index contributed by atoms with van der Waals surface area (Å²) < 4.78 is 0. The molecular formula is C10H21N3O. The molecule has 0 aliphatic heterocycles. The smallest absolute Gasteiger partial charge is 0.315 e. The lowest BCUT2D eigenvalue weighted by Gasteiger charge is -2.26. The molecule has 1 fully saturated rings. The molecule has 0 saturated heterocycles. The second-order valence-electron chi connectivity index (χ2n) is 3.99. The van der Waals surface area contributed by atoms with Crippen molar-refractivity contribution in [3.8, 4) is 0 Å². The molecule has 4 heteroatoms. The molecule has 0 heterocycles. The topological polar surface area (TPSA) is 67.1 Å². The summed E-state index contributed by atoms with van der Waals surface area (Å²) >= 11 is 0. The van der Waals surface area contributed by atoms with Crippen molar-refractivity contribution in [3.05, 3.63) is 0 Å². The van der Waals surface area contributed by atoms with Crippen molar-refractivity contribution in [1.29, 1.82) is 0 Å². The largest absolute Gasteiger partial charge is 0.338 e. The predicted octanol–water partition coefficient (Wildman–Crippen LogP) is 0.965. The van der Waals surface area contributed by atoms with Gasteiger partial charge in [-0.05, 0) is 32.1 Å². The van der Waals surface area contributed by atoms with Gasteiger partial charge in [0.1, 0.15) is 0 Å². The number of rotatable bonds is 5. The average Bonchev–Trinajstić information content (AvgIpc) is 2.11. The van der Waals surface area contributed by atoms with E-state index in [0.29, 0.717) is 12.6 Å². The van der Waals surface area contributed by atoms with Crippen molar-refractivity contribution in [3.63, 3.8) is 0 Å². The van der Waals surface area contributed by atoms with E-state index in [1.165, 1.54) is 6.42 Å². The SMILES string of the molecule is CCC(N)CCNC(=O)NC1CCC1. The minimum absolute atomic E-state index is 0.0435. The number of hydrogen-bond acceptors (Lipinski definition) is 2. The van der Waals surface area contributed by atoms with Gasteiger partial charge in [-0.25, -0.2) is 4.79 Å². The highest BCUT2D eigenvalue weighted by Gasteiger charge is 2.18. The van der Waals surface area contributed by atoms with Crippen LogP contribution in [0.2, 0.25) is 0 Å². The third kappa shape index (κ3) is 3.96. The molecule has 82 valence electrons. The van der Waals surface area contributed by atoms with E-state index < -0.39 is 0 Å². The van der Waals surface area contributed by atoms with E-state index in [-0.39, 0.29) is 12.1 Å². The molecule has 0 aromatic rings. The van der Waals surface area contributed by atoms with E-state index in [4.69, 9.17) is 5.73 Å². The fourth-order valence-corrected chi connectivity index (χ4v) is 1.36. The van der Waals surface area contributed by atoms with Gasteiger partial charge in [-0.2, -0.15) is 0 Å². The van der Waals surface area contributed by atoms with Gasteiger partial charge in [0, 0.05) is 18.6 Å². The van der Waals surface area contributed by atoms with Gasteiger partial charge in [-0.3, -0.25) is 0 Å². The van der Waals surface area contributed by atoms with Gasteiger partial charge < -0.3 is 16.4 Å². The third-order valence-corrected chi connectivity index (χ3v) is 2.77. The third-order valence-electron chi connectivity index (χ3n) is 2.77. The fraction of sp³-hybridized carbons (Fsp3) is 0.900. The van der Waals surface area contributed by atoms with Crippen molar-refractivity contribution >= 4 is 6.03 Å². The molecular weight excluding hydrogens is 178 g/mol. The van der Waals surface area contributed by atoms with Gasteiger partial charge in [0.25, 0.3) is 0 Å². The van der Waals surface area contributed by atoms with E-state index >= 15 is 0 Å². The van der Waals surface area contributed by atoms with Crippen LogP contribution in [0, 0.1) is 0 Å². The molecule has 1 aliphatic rings. The van der Waals surface area contributed by atoms with Gasteiger partial charge in [0.15, 0.2) is 0 Å². The monoisotopic (exact) mass is 199 g/mol. The Balaban J connectivity index is 1.97. The Morgan fingerprint density at radius 3 is 2.79 bits per heavy atom. The van der Waals surface area contributed by atoms with Crippen LogP contribution in [0.15, 0.2) is 0 Å². The summed E-state index contributed by atoms with van der Waals surface area (Å²) in [5.74, 6) is 0. The van der Waals surface area contributed by atoms with Crippen LogP contribution in [0.1, 0.15) is 39.0 Å². The zero-order valence-electron chi connectivity index (χ0n) is 8.88. The summed E-state index contributed by atoms with van der Waals surface area (Å²) in [5, 5.41) is 5.73. The molecule has 0 aromatic heterocycles. The first-order valence-corrected chi connectivity index (χ1v) is 5.52. The Morgan fingerprint density at radius 2 is 2.29 bits per heavy atom. The summed E-state index contributed by atoms with van der Waals surface area (Å²) in [6, 6.07) is 0.576. The molecule has 1 rings (SSSR count). The number of urea groups is 1. The van der Waals surface area contributed by atoms with E-state index in [0.717, 1.165) is 25.7 Å². The molecule has 1 atom stereocenters. The number of nitrogens with one attached hydrogen (secondary N) is 2. The van der Waals surface area contributed by atoms with Crippen molar-refractivity contribution in [2.75, 3.05) is 6.54 Å². The standard InChI is InChI=1S/C10H21N3O/c1-2-8(11)6-7-12-10(14)13-9-4-3-5-9/h8-9H,2-7,11H2,1H3,(H2,12,13,14). The van der Waals surface area contributed by atoms with E-state index in [2.05, 4.69) is 17.6 Å². The van der Waals surface area contributed by atoms with Crippen molar-refractivity contribution in [2.24, 2.45) is 5.73 Å². The molecule has 0 radical (unpaired) electrons. The highest BCUT2D eigenvalue weighted by Crippen LogP contribution is 2.17. The number of nitrogens with two attached hydrogens (primary N) is 1. The lowest BCUT2D eigenvalue weighted by Crippen LogP contribution is -2.45. The second kappa shape index (κ2) is 5.86. The maximum Gasteiger partial charge on any atom is 0.315 e. The fourth-order valence-electron chi connectivity index (χ4n) is 1.36. The molecule has 4 nitrogen and oxygen atoms in total. The maximum absolute atomic E-state index is 11.3. The lowest BCUT2D eigenvalue weighted by atomic mass is 9.93. The van der Waals surface area contributed by atoms with Gasteiger partial charge >= 0.3 is 6.03 Å². The van der Waals surface area contributed by atoms with Gasteiger partial charge in [-0.15, -0.1) is 0 Å². The molecule has 0 spiro atoms. The predicted molar refractivity (Wildman–Crippen MR) is 57.1 cm³/mol. The summed E-state index contributed by atoms with van der Waals surface area (Å²) in [4.78, 5) is 11.3. The highest BCUT2D eigenvalue weighted by molar-refractivity contribution is 5.74. The van der Waals surface area contributed by atoms with Crippen LogP contribution in [0.4, 0.5) is 4.79 Å². The van der Waals surface area contributed by atoms with E-state index in [1.807, 2.05) is 0 Å². The Bertz CT molecular complexity index is 180. The Kier molecular flexibility index (Phi) is 4.73. The maximum atomic E-state index is 11.3. The first-order chi connectivity index (χ1) is 6.72. The Morgan fingerprint density at radius 1 is 1.57 bits per heavy atom. The number of carbonyl (C=O) groups excluding carboxylic acids is 1. The van der Waals surface area contributed by atoms with Crippen molar-refractivity contribution in [2.45, 2.75) is 51.1 Å². The molecule has 2 amide bonds. The first kappa shape index (κ1) is 11.3. The average molecular weight is 199 g/mol. The molecule has 1 aliphatic carbocycles. The molecule has 4 N–H and O–H groups in total. The quantitative estimate of drug-likeness (QED) is 0.617. The van der Waals surface area contributed by atoms with Crippen molar-refractivity contribution < 1.29 is 4.79 Å². The highest BCUT2D eigenvalue weighted by atomic mass is 16.2. The summed E-state index contributed by atoms with van der Waals surface area (Å²) in [5.41, 5.74) is 5.73. The van der Waals surface area contributed by atoms with Crippen LogP contribution in [-0.2, 0) is 0 Å². The minimum atomic E-state index is -0.0435. The van der Waals surface area contributed by atoms with Crippen LogP contribution in [0.3, 0.4) is 0 Å². The lowest BCUT2D eigenvalue weighted by molar-refractivity contribution is 0.228. The molecule has 0 bridgehead atoms. The Hall–Kier alpha value is -0.770. The molecule has 1 saturated carbocycles. The number of carbonyl (C=O) groups is 1. The van der Waals surface area contributed by atoms with Crippen LogP contribution < -0.4 is 16.4 Å². The first-order valence-electron chi connectivity index (χ1n) is 5.52. The van der Waals surface area contributed by atoms with Crippen LogP contribution in [-0.4, -0.2) is 24.7 Å². The van der Waals surface area contributed by atoms with Gasteiger partial charge in [-0.1, -0.05) is 6.92 Å². The zero-order chi connectivity index (χ0) is 10.4. The van der Waals surface area contributed by atoms with E-state index in [9.17, 15) is 4.79 Å². The van der Waals surface area contributed by atoms with Gasteiger partial charge in [0.2, 0.25) is 0 Å². The molecule has 14 heavy (non-hydrogen) atoms. The van der Waals surface area contributed by atoms with Crippen molar-refractivity contribution in [1.82, 2.24) is 10.6 Å². The van der Waals surface area contributed by atoms with Crippen LogP contribution in [0.25, 0.3) is 0 Å². The Labute approximate surface area is 85.6 Å². The summed E-state index contributed by atoms with van der Waals surface area (Å²) in [6.07, 6.45) is 5.32. The minimum Gasteiger partial charge on any atom is -0.338 e. The number of amides is 2. The van der Waals surface area contributed by atoms with E-state index in [1.54, 1.807) is 0 Å². The van der Waals surface area contributed by atoms with Crippen LogP contribution in [0.5, 0.6) is 0 Å². The second-order valence-corrected chi connectivity index (χ2v) is 3.99. The number of hydrogen-bond donors (Lipinski definition) is 3. The molecule has 1 unspecified atom stereocenters. The summed E-state index contributed by atoms with van der Waals surface area (Å²) in [6.45, 7) is 2.73. The van der Waals surface area contributed by atoms with Crippen LogP contribution >= 0.6 is 0 Å².